The Kier molecular flexibility index (Phi) is 4.26. The average molecular weight is 356 g/mol. The molecule has 3 saturated carbocycles. The minimum atomic E-state index is -4.46. The van der Waals surface area contributed by atoms with E-state index in [2.05, 4.69) is 0 Å². The first-order chi connectivity index (χ1) is 11.6. The molecule has 25 heavy (non-hydrogen) atoms. The van der Waals surface area contributed by atoms with E-state index in [-0.39, 0.29) is 12.1 Å². The monoisotopic (exact) mass is 356 g/mol. The number of nitrogens with zero attached hydrogens (tertiary/aromatic N) is 1. The van der Waals surface area contributed by atoms with Gasteiger partial charge in [-0.25, -0.2) is 0 Å². The van der Waals surface area contributed by atoms with Crippen molar-refractivity contribution in [2.24, 2.45) is 11.7 Å². The van der Waals surface area contributed by atoms with Crippen molar-refractivity contribution >= 4 is 11.8 Å². The van der Waals surface area contributed by atoms with Crippen LogP contribution in [0.5, 0.6) is 0 Å². The van der Waals surface area contributed by atoms with E-state index in [4.69, 9.17) is 5.73 Å². The third kappa shape index (κ3) is 3.35. The standard InChI is InChI=1S/C17H19F3N2O3/c18-17(19,20)12-3-1-2-10(4-12)9-22(16-6-11(7-16)8-16)14(24)5-13(23)15(21)25/h1-4,11,13,23H,5-9H2,(H2,21,25)/t11?,13-,16?/m1/s1. The maximum absolute atomic E-state index is 12.9. The van der Waals surface area contributed by atoms with Crippen molar-refractivity contribution in [3.8, 4) is 0 Å². The Morgan fingerprint density at radius 1 is 1.32 bits per heavy atom. The second kappa shape index (κ2) is 6.01. The fourth-order valence-corrected chi connectivity index (χ4v) is 3.69. The van der Waals surface area contributed by atoms with E-state index in [1.807, 2.05) is 0 Å². The number of carbonyl (C=O) groups is 2. The predicted octanol–water partition coefficient (Wildman–Crippen LogP) is 1.82. The zero-order chi connectivity index (χ0) is 18.4. The molecule has 0 unspecified atom stereocenters. The summed E-state index contributed by atoms with van der Waals surface area (Å²) in [7, 11) is 0. The van der Waals surface area contributed by atoms with E-state index in [0.717, 1.165) is 31.4 Å². The van der Waals surface area contributed by atoms with Crippen LogP contribution >= 0.6 is 0 Å². The Morgan fingerprint density at radius 2 is 1.96 bits per heavy atom. The molecule has 0 radical (unpaired) electrons. The van der Waals surface area contributed by atoms with Crippen molar-refractivity contribution < 1.29 is 27.9 Å². The van der Waals surface area contributed by atoms with Gasteiger partial charge in [-0.3, -0.25) is 9.59 Å². The molecule has 3 aliphatic carbocycles. The third-order valence-corrected chi connectivity index (χ3v) is 5.17. The van der Waals surface area contributed by atoms with Gasteiger partial charge in [-0.05, 0) is 42.9 Å². The lowest BCUT2D eigenvalue weighted by Crippen LogP contribution is -2.69. The van der Waals surface area contributed by atoms with Crippen molar-refractivity contribution in [3.05, 3.63) is 35.4 Å². The zero-order valence-electron chi connectivity index (χ0n) is 13.4. The second-order valence-electron chi connectivity index (χ2n) is 7.00. The highest BCUT2D eigenvalue weighted by Crippen LogP contribution is 2.61. The number of halogens is 3. The van der Waals surface area contributed by atoms with Gasteiger partial charge in [-0.2, -0.15) is 13.2 Å². The Morgan fingerprint density at radius 3 is 2.44 bits per heavy atom. The van der Waals surface area contributed by atoms with Crippen LogP contribution in [0.4, 0.5) is 13.2 Å². The van der Waals surface area contributed by atoms with Crippen LogP contribution in [-0.2, 0) is 22.3 Å². The fraction of sp³-hybridized carbons (Fsp3) is 0.529. The molecular weight excluding hydrogens is 337 g/mol. The fourth-order valence-electron chi connectivity index (χ4n) is 3.69. The maximum atomic E-state index is 12.9. The molecule has 2 amide bonds. The van der Waals surface area contributed by atoms with Gasteiger partial charge in [0.2, 0.25) is 11.8 Å². The molecule has 0 heterocycles. The molecule has 4 rings (SSSR count). The van der Waals surface area contributed by atoms with E-state index in [0.29, 0.717) is 11.5 Å². The Balaban J connectivity index is 1.79. The number of aliphatic hydroxyl groups excluding tert-OH is 1. The number of primary amides is 1. The molecule has 0 saturated heterocycles. The number of hydrogen-bond acceptors (Lipinski definition) is 3. The van der Waals surface area contributed by atoms with E-state index in [1.165, 1.54) is 17.0 Å². The lowest BCUT2D eigenvalue weighted by Gasteiger charge is -2.66. The molecule has 5 nitrogen and oxygen atoms in total. The quantitative estimate of drug-likeness (QED) is 0.816. The lowest BCUT2D eigenvalue weighted by molar-refractivity contribution is -0.176. The number of rotatable bonds is 6. The molecule has 3 fully saturated rings. The summed E-state index contributed by atoms with van der Waals surface area (Å²) in [4.78, 5) is 25.0. The predicted molar refractivity (Wildman–Crippen MR) is 81.9 cm³/mol. The number of hydrogen-bond donors (Lipinski definition) is 2. The summed E-state index contributed by atoms with van der Waals surface area (Å²) in [5.41, 5.74) is 4.22. The summed E-state index contributed by atoms with van der Waals surface area (Å²) < 4.78 is 38.6. The van der Waals surface area contributed by atoms with Crippen LogP contribution in [0.25, 0.3) is 0 Å². The summed E-state index contributed by atoms with van der Waals surface area (Å²) in [6.07, 6.45) is -4.08. The third-order valence-electron chi connectivity index (χ3n) is 5.17. The molecule has 1 aromatic rings. The zero-order valence-corrected chi connectivity index (χ0v) is 13.4. The Hall–Kier alpha value is -2.09. The number of carbonyl (C=O) groups excluding carboxylic acids is 2. The summed E-state index contributed by atoms with van der Waals surface area (Å²) in [6.45, 7) is 0.0148. The van der Waals surface area contributed by atoms with E-state index >= 15 is 0 Å². The average Bonchev–Trinajstić information content (AvgIpc) is 2.42. The highest BCUT2D eigenvalue weighted by Gasteiger charge is 2.61. The van der Waals surface area contributed by atoms with Gasteiger partial charge < -0.3 is 15.7 Å². The first-order valence-electron chi connectivity index (χ1n) is 8.05. The minimum Gasteiger partial charge on any atom is -0.383 e. The van der Waals surface area contributed by atoms with Crippen molar-refractivity contribution in [3.63, 3.8) is 0 Å². The largest absolute Gasteiger partial charge is 0.416 e. The van der Waals surface area contributed by atoms with E-state index < -0.39 is 36.1 Å². The van der Waals surface area contributed by atoms with E-state index in [1.54, 1.807) is 0 Å². The molecule has 1 aromatic carbocycles. The van der Waals surface area contributed by atoms with Crippen LogP contribution in [0, 0.1) is 5.92 Å². The van der Waals surface area contributed by atoms with Gasteiger partial charge in [0.15, 0.2) is 0 Å². The highest BCUT2D eigenvalue weighted by molar-refractivity contribution is 5.86. The van der Waals surface area contributed by atoms with E-state index in [9.17, 15) is 27.9 Å². The molecule has 1 atom stereocenters. The number of alkyl halides is 3. The molecule has 3 N–H and O–H groups in total. The first kappa shape index (κ1) is 17.7. The Bertz CT molecular complexity index is 688. The second-order valence-corrected chi connectivity index (χ2v) is 7.00. The van der Waals surface area contributed by atoms with Crippen LogP contribution in [0.2, 0.25) is 0 Å². The molecule has 0 aromatic heterocycles. The van der Waals surface area contributed by atoms with Crippen LogP contribution in [0.1, 0.15) is 36.8 Å². The van der Waals surface area contributed by atoms with Gasteiger partial charge in [0, 0.05) is 12.1 Å². The van der Waals surface area contributed by atoms with Gasteiger partial charge in [0.1, 0.15) is 6.10 Å². The van der Waals surface area contributed by atoms with Gasteiger partial charge >= 0.3 is 6.18 Å². The van der Waals surface area contributed by atoms with Crippen LogP contribution < -0.4 is 5.73 Å². The van der Waals surface area contributed by atoms with Gasteiger partial charge in [0.05, 0.1) is 12.0 Å². The van der Waals surface area contributed by atoms with Crippen molar-refractivity contribution in [2.75, 3.05) is 0 Å². The Labute approximate surface area is 142 Å². The number of amides is 2. The summed E-state index contributed by atoms with van der Waals surface area (Å²) >= 11 is 0. The molecule has 3 aliphatic rings. The summed E-state index contributed by atoms with van der Waals surface area (Å²) in [5.74, 6) is -0.912. The van der Waals surface area contributed by atoms with Crippen molar-refractivity contribution in [2.45, 2.75) is 50.0 Å². The smallest absolute Gasteiger partial charge is 0.383 e. The molecule has 136 valence electrons. The lowest BCUT2D eigenvalue weighted by atomic mass is 9.49. The minimum absolute atomic E-state index is 0.0148. The molecule has 2 bridgehead atoms. The number of nitrogens with two attached hydrogens (primary N) is 1. The SMILES string of the molecule is NC(=O)[C@H](O)CC(=O)N(Cc1cccc(C(F)(F)F)c1)C12CC(C1)C2. The molecule has 0 aliphatic heterocycles. The van der Waals surface area contributed by atoms with Crippen molar-refractivity contribution in [1.82, 2.24) is 4.90 Å². The molecule has 0 spiro atoms. The first-order valence-corrected chi connectivity index (χ1v) is 8.05. The summed E-state index contributed by atoms with van der Waals surface area (Å²) in [5, 5.41) is 9.56. The van der Waals surface area contributed by atoms with Gasteiger partial charge in [0.25, 0.3) is 0 Å². The van der Waals surface area contributed by atoms with Crippen molar-refractivity contribution in [1.29, 1.82) is 0 Å². The molecule has 8 heteroatoms. The van der Waals surface area contributed by atoms with Gasteiger partial charge in [-0.15, -0.1) is 0 Å². The number of aliphatic hydroxyl groups is 1. The highest BCUT2D eigenvalue weighted by atomic mass is 19.4. The van der Waals surface area contributed by atoms with Crippen LogP contribution in [0.3, 0.4) is 0 Å². The number of benzene rings is 1. The normalized spacial score (nSPS) is 25.5. The maximum Gasteiger partial charge on any atom is 0.416 e. The van der Waals surface area contributed by atoms with Crippen LogP contribution in [-0.4, -0.2) is 33.5 Å². The van der Waals surface area contributed by atoms with Gasteiger partial charge in [-0.1, -0.05) is 12.1 Å². The van der Waals surface area contributed by atoms with Crippen LogP contribution in [0.15, 0.2) is 24.3 Å². The molecular formula is C17H19F3N2O3. The topological polar surface area (TPSA) is 83.6 Å². The summed E-state index contributed by atoms with van der Waals surface area (Å²) in [6, 6.07) is 4.84.